The number of hydrogen-bond acceptors (Lipinski definition) is 7. The second-order valence-electron chi connectivity index (χ2n) is 8.46. The third-order valence-corrected chi connectivity index (χ3v) is 5.22. The lowest BCUT2D eigenvalue weighted by Crippen LogP contribution is -2.48. The van der Waals surface area contributed by atoms with Crippen molar-refractivity contribution >= 4 is 23.5 Å². The molecule has 0 saturated heterocycles. The average Bonchev–Trinajstić information content (AvgIpc) is 3.34. The molecule has 0 atom stereocenters. The molecule has 1 aromatic heterocycles. The minimum atomic E-state index is -1.01. The second-order valence-corrected chi connectivity index (χ2v) is 8.46. The van der Waals surface area contributed by atoms with E-state index in [4.69, 9.17) is 19.0 Å². The van der Waals surface area contributed by atoms with Crippen molar-refractivity contribution in [1.82, 2.24) is 10.3 Å². The lowest BCUT2D eigenvalue weighted by Gasteiger charge is -2.26. The monoisotopic (exact) mass is 481 g/mol. The summed E-state index contributed by atoms with van der Waals surface area (Å²) in [5.41, 5.74) is 1.17. The number of ether oxygens (including phenoxy) is 2. The van der Waals surface area contributed by atoms with Crippen LogP contribution in [0.4, 0.5) is 5.69 Å². The third-order valence-electron chi connectivity index (χ3n) is 5.22. The molecule has 0 aliphatic carbocycles. The maximum Gasteiger partial charge on any atom is 0.335 e. The number of aryl methyl sites for hydroxylation is 1. The van der Waals surface area contributed by atoms with Gasteiger partial charge in [-0.05, 0) is 56.7 Å². The van der Waals surface area contributed by atoms with E-state index >= 15 is 0 Å². The highest BCUT2D eigenvalue weighted by Crippen LogP contribution is 2.32. The summed E-state index contributed by atoms with van der Waals surface area (Å²) in [6.07, 6.45) is 3.26. The fourth-order valence-electron chi connectivity index (χ4n) is 3.30. The average molecular weight is 482 g/mol. The fraction of sp³-hybridized carbons (Fsp3) is 0.280. The Labute approximate surface area is 202 Å². The van der Waals surface area contributed by atoms with Crippen LogP contribution in [0.2, 0.25) is 0 Å². The van der Waals surface area contributed by atoms with Crippen molar-refractivity contribution in [2.45, 2.75) is 32.7 Å². The van der Waals surface area contributed by atoms with Crippen LogP contribution >= 0.6 is 0 Å². The first-order valence-corrected chi connectivity index (χ1v) is 10.8. The molecule has 184 valence electrons. The van der Waals surface area contributed by atoms with Gasteiger partial charge in [-0.1, -0.05) is 0 Å². The first kappa shape index (κ1) is 25.3. The summed E-state index contributed by atoms with van der Waals surface area (Å²) in [5, 5.41) is 14.3. The lowest BCUT2D eigenvalue weighted by atomic mass is 10.0. The summed E-state index contributed by atoms with van der Waals surface area (Å²) in [4.78, 5) is 39.9. The highest BCUT2D eigenvalue weighted by molar-refractivity contribution is 6.39. The largest absolute Gasteiger partial charge is 0.496 e. The van der Waals surface area contributed by atoms with E-state index < -0.39 is 23.3 Å². The topological polar surface area (TPSA) is 140 Å². The summed E-state index contributed by atoms with van der Waals surface area (Å²) in [7, 11) is 1.49. The van der Waals surface area contributed by atoms with Crippen LogP contribution in [-0.2, 0) is 9.59 Å². The van der Waals surface area contributed by atoms with Crippen molar-refractivity contribution in [3.8, 4) is 22.8 Å². The van der Waals surface area contributed by atoms with Crippen molar-refractivity contribution in [3.05, 3.63) is 60.1 Å². The van der Waals surface area contributed by atoms with E-state index in [9.17, 15) is 14.4 Å². The van der Waals surface area contributed by atoms with E-state index in [2.05, 4.69) is 15.6 Å². The SMILES string of the molecule is COc1cc(NC(=O)C(=O)NC(C)(C)CCOc2ccc(C(=O)O)cc2C)ccc1-c1cnco1. The highest BCUT2D eigenvalue weighted by atomic mass is 16.5. The zero-order valence-electron chi connectivity index (χ0n) is 19.9. The number of aromatic carboxylic acids is 1. The normalized spacial score (nSPS) is 11.0. The van der Waals surface area contributed by atoms with Crippen LogP contribution in [0, 0.1) is 6.92 Å². The first-order chi connectivity index (χ1) is 16.6. The summed E-state index contributed by atoms with van der Waals surface area (Å²) < 4.78 is 16.4. The van der Waals surface area contributed by atoms with Crippen LogP contribution in [0.1, 0.15) is 36.2 Å². The van der Waals surface area contributed by atoms with E-state index in [1.807, 2.05) is 0 Å². The Morgan fingerprint density at radius 3 is 2.49 bits per heavy atom. The second kappa shape index (κ2) is 10.7. The van der Waals surface area contributed by atoms with Crippen molar-refractivity contribution < 1.29 is 33.4 Å². The van der Waals surface area contributed by atoms with Gasteiger partial charge in [0.1, 0.15) is 11.5 Å². The standard InChI is InChI=1S/C25H27N3O7/c1-15-11-16(24(31)32)5-8-19(15)34-10-9-25(2,3)28-23(30)22(29)27-17-6-7-18(20(12-17)33-4)21-13-26-14-35-21/h5-8,11-14H,9-10H2,1-4H3,(H,27,29)(H,28,30)(H,31,32). The van der Waals surface area contributed by atoms with Gasteiger partial charge in [0.25, 0.3) is 0 Å². The zero-order chi connectivity index (χ0) is 25.6. The summed E-state index contributed by atoms with van der Waals surface area (Å²) in [6.45, 7) is 5.56. The van der Waals surface area contributed by atoms with Gasteiger partial charge in [-0.15, -0.1) is 0 Å². The fourth-order valence-corrected chi connectivity index (χ4v) is 3.30. The third kappa shape index (κ3) is 6.59. The predicted molar refractivity (Wildman–Crippen MR) is 128 cm³/mol. The number of hydrogen-bond donors (Lipinski definition) is 3. The molecule has 0 spiro atoms. The lowest BCUT2D eigenvalue weighted by molar-refractivity contribution is -0.137. The summed E-state index contributed by atoms with van der Waals surface area (Å²) in [5.74, 6) is -1.12. The Balaban J connectivity index is 1.54. The number of rotatable bonds is 9. The molecule has 0 aliphatic rings. The molecule has 2 aromatic carbocycles. The molecule has 0 saturated carbocycles. The van der Waals surface area contributed by atoms with Gasteiger partial charge < -0.3 is 29.6 Å². The molecule has 3 N–H and O–H groups in total. The number of carbonyl (C=O) groups is 3. The Bertz CT molecular complexity index is 1220. The van der Waals surface area contributed by atoms with Gasteiger partial charge in [-0.3, -0.25) is 9.59 Å². The van der Waals surface area contributed by atoms with E-state index in [1.165, 1.54) is 25.6 Å². The van der Waals surface area contributed by atoms with E-state index in [-0.39, 0.29) is 12.2 Å². The van der Waals surface area contributed by atoms with Crippen molar-refractivity contribution in [1.29, 1.82) is 0 Å². The Hall–Kier alpha value is -4.34. The molecule has 0 fully saturated rings. The molecule has 10 heteroatoms. The van der Waals surface area contributed by atoms with Crippen LogP contribution in [-0.4, -0.2) is 47.1 Å². The van der Waals surface area contributed by atoms with Gasteiger partial charge in [0.05, 0.1) is 31.0 Å². The molecule has 0 bridgehead atoms. The number of benzene rings is 2. The first-order valence-electron chi connectivity index (χ1n) is 10.8. The molecule has 0 aliphatic heterocycles. The Morgan fingerprint density at radius 2 is 1.86 bits per heavy atom. The zero-order valence-corrected chi connectivity index (χ0v) is 19.9. The van der Waals surface area contributed by atoms with Gasteiger partial charge >= 0.3 is 17.8 Å². The van der Waals surface area contributed by atoms with Crippen LogP contribution < -0.4 is 20.1 Å². The molecule has 1 heterocycles. The number of carboxylic acids is 1. The number of nitrogens with zero attached hydrogens (tertiary/aromatic N) is 1. The maximum atomic E-state index is 12.5. The maximum absolute atomic E-state index is 12.5. The molecular weight excluding hydrogens is 454 g/mol. The van der Waals surface area contributed by atoms with E-state index in [0.717, 1.165) is 0 Å². The smallest absolute Gasteiger partial charge is 0.335 e. The van der Waals surface area contributed by atoms with Gasteiger partial charge in [0.15, 0.2) is 12.2 Å². The molecule has 10 nitrogen and oxygen atoms in total. The van der Waals surface area contributed by atoms with Crippen molar-refractivity contribution in [2.75, 3.05) is 19.0 Å². The molecule has 3 rings (SSSR count). The molecule has 3 aromatic rings. The number of aromatic nitrogens is 1. The number of methoxy groups -OCH3 is 1. The van der Waals surface area contributed by atoms with Crippen molar-refractivity contribution in [2.24, 2.45) is 0 Å². The quantitative estimate of drug-likeness (QED) is 0.394. The predicted octanol–water partition coefficient (Wildman–Crippen LogP) is 3.66. The van der Waals surface area contributed by atoms with Crippen LogP contribution in [0.5, 0.6) is 11.5 Å². The number of amides is 2. The van der Waals surface area contributed by atoms with E-state index in [0.29, 0.717) is 40.5 Å². The van der Waals surface area contributed by atoms with Crippen molar-refractivity contribution in [3.63, 3.8) is 0 Å². The van der Waals surface area contributed by atoms with Gasteiger partial charge in [0, 0.05) is 23.7 Å². The van der Waals surface area contributed by atoms with Crippen LogP contribution in [0.25, 0.3) is 11.3 Å². The van der Waals surface area contributed by atoms with E-state index in [1.54, 1.807) is 51.2 Å². The highest BCUT2D eigenvalue weighted by Gasteiger charge is 2.25. The molecule has 2 amide bonds. The summed E-state index contributed by atoms with van der Waals surface area (Å²) >= 11 is 0. The number of anilines is 1. The van der Waals surface area contributed by atoms with Gasteiger partial charge in [-0.2, -0.15) is 0 Å². The molecule has 0 radical (unpaired) electrons. The Morgan fingerprint density at radius 1 is 1.09 bits per heavy atom. The summed E-state index contributed by atoms with van der Waals surface area (Å²) in [6, 6.07) is 9.50. The molecule has 35 heavy (non-hydrogen) atoms. The van der Waals surface area contributed by atoms with Crippen LogP contribution in [0.3, 0.4) is 0 Å². The number of carboxylic acid groups (broad SMARTS) is 1. The van der Waals surface area contributed by atoms with Gasteiger partial charge in [-0.25, -0.2) is 9.78 Å². The van der Waals surface area contributed by atoms with Gasteiger partial charge in [0.2, 0.25) is 0 Å². The number of carbonyl (C=O) groups excluding carboxylic acids is 2. The number of oxazole rings is 1. The van der Waals surface area contributed by atoms with Crippen LogP contribution in [0.15, 0.2) is 53.4 Å². The molecular formula is C25H27N3O7. The number of nitrogens with one attached hydrogen (secondary N) is 2. The minimum Gasteiger partial charge on any atom is -0.496 e. The molecule has 0 unspecified atom stereocenters. The minimum absolute atomic E-state index is 0.179. The Kier molecular flexibility index (Phi) is 7.75.